The van der Waals surface area contributed by atoms with Crippen molar-refractivity contribution in [1.29, 1.82) is 0 Å². The molecule has 0 amide bonds. The molecule has 0 saturated heterocycles. The third-order valence-electron chi connectivity index (χ3n) is 6.25. The number of allylic oxidation sites excluding steroid dienone is 4. The van der Waals surface area contributed by atoms with Crippen LogP contribution in [0.2, 0.25) is 0 Å². The van der Waals surface area contributed by atoms with Crippen molar-refractivity contribution in [1.82, 2.24) is 0 Å². The molecule has 1 nitrogen and oxygen atoms in total. The first-order valence-corrected chi connectivity index (χ1v) is 8.79. The van der Waals surface area contributed by atoms with Crippen LogP contribution in [0, 0.1) is 29.6 Å². The minimum Gasteiger partial charge on any atom is -0.330 e. The summed E-state index contributed by atoms with van der Waals surface area (Å²) in [6.45, 7) is 8.10. The van der Waals surface area contributed by atoms with Gasteiger partial charge in [-0.15, -0.1) is 0 Å². The average Bonchev–Trinajstić information content (AvgIpc) is 2.84. The van der Waals surface area contributed by atoms with Gasteiger partial charge >= 0.3 is 0 Å². The van der Waals surface area contributed by atoms with Crippen LogP contribution in [0.3, 0.4) is 0 Å². The summed E-state index contributed by atoms with van der Waals surface area (Å²) < 4.78 is 0. The van der Waals surface area contributed by atoms with Crippen LogP contribution < -0.4 is 5.73 Å². The molecule has 20 heavy (non-hydrogen) atoms. The van der Waals surface area contributed by atoms with E-state index in [4.69, 9.17) is 5.73 Å². The fourth-order valence-electron chi connectivity index (χ4n) is 5.30. The first-order valence-electron chi connectivity index (χ1n) is 8.79. The third-order valence-corrected chi connectivity index (χ3v) is 6.25. The van der Waals surface area contributed by atoms with Gasteiger partial charge in [0.05, 0.1) is 0 Å². The molecule has 3 rings (SSSR count). The Bertz CT molecular complexity index is 431. The summed E-state index contributed by atoms with van der Waals surface area (Å²) in [6.07, 6.45) is 10.6. The van der Waals surface area contributed by atoms with Crippen LogP contribution in [0.25, 0.3) is 0 Å². The van der Waals surface area contributed by atoms with Crippen molar-refractivity contribution in [3.05, 3.63) is 22.8 Å². The Hall–Kier alpha value is -0.560. The van der Waals surface area contributed by atoms with Gasteiger partial charge in [0.25, 0.3) is 0 Å². The molecule has 0 aromatic rings. The van der Waals surface area contributed by atoms with Gasteiger partial charge in [0, 0.05) is 0 Å². The molecule has 112 valence electrons. The first-order chi connectivity index (χ1) is 9.65. The lowest BCUT2D eigenvalue weighted by Crippen LogP contribution is -2.36. The summed E-state index contributed by atoms with van der Waals surface area (Å²) in [4.78, 5) is 0. The predicted octanol–water partition coefficient (Wildman–Crippen LogP) is 4.69. The Morgan fingerprint density at radius 1 is 1.25 bits per heavy atom. The number of nitrogens with two attached hydrogens (primary N) is 1. The maximum absolute atomic E-state index is 6.24. The van der Waals surface area contributed by atoms with E-state index in [0.717, 1.165) is 36.1 Å². The molecule has 1 fully saturated rings. The molecule has 3 aliphatic rings. The molecule has 1 saturated carbocycles. The standard InChI is InChI=1S/C19H31N/c1-4-16(18(11-20)17-7-5-6-13(17)3)19-14-8-12(2)9-15(19)10-14/h10,12-13,16-18H,4-9,11,20H2,1-3H3. The average molecular weight is 273 g/mol. The molecule has 0 heterocycles. The van der Waals surface area contributed by atoms with Gasteiger partial charge in [-0.1, -0.05) is 39.7 Å². The van der Waals surface area contributed by atoms with E-state index < -0.39 is 0 Å². The fourth-order valence-corrected chi connectivity index (χ4v) is 5.30. The van der Waals surface area contributed by atoms with Crippen molar-refractivity contribution >= 4 is 0 Å². The van der Waals surface area contributed by atoms with E-state index in [0.29, 0.717) is 0 Å². The monoisotopic (exact) mass is 273 g/mol. The summed E-state index contributed by atoms with van der Waals surface area (Å²) in [6, 6.07) is 0. The second-order valence-corrected chi connectivity index (χ2v) is 7.61. The van der Waals surface area contributed by atoms with Gasteiger partial charge in [0.15, 0.2) is 0 Å². The molecule has 0 spiro atoms. The zero-order valence-electron chi connectivity index (χ0n) is 13.5. The van der Waals surface area contributed by atoms with Crippen LogP contribution in [0.15, 0.2) is 22.8 Å². The van der Waals surface area contributed by atoms with Crippen LogP contribution in [0.5, 0.6) is 0 Å². The Morgan fingerprint density at radius 2 is 2.05 bits per heavy atom. The van der Waals surface area contributed by atoms with Gasteiger partial charge in [0.2, 0.25) is 0 Å². The van der Waals surface area contributed by atoms with Crippen LogP contribution in [0.1, 0.15) is 59.3 Å². The van der Waals surface area contributed by atoms with Gasteiger partial charge in [-0.2, -0.15) is 0 Å². The highest BCUT2D eigenvalue weighted by molar-refractivity contribution is 5.56. The largest absolute Gasteiger partial charge is 0.330 e. The lowest BCUT2D eigenvalue weighted by atomic mass is 9.63. The molecule has 5 unspecified atom stereocenters. The minimum atomic E-state index is 0.722. The van der Waals surface area contributed by atoms with E-state index in [1.54, 1.807) is 16.7 Å². The molecule has 5 atom stereocenters. The van der Waals surface area contributed by atoms with Crippen LogP contribution >= 0.6 is 0 Å². The van der Waals surface area contributed by atoms with E-state index in [9.17, 15) is 0 Å². The molecule has 3 aliphatic carbocycles. The number of hydrogen-bond donors (Lipinski definition) is 1. The van der Waals surface area contributed by atoms with Gasteiger partial charge in [-0.05, 0) is 78.5 Å². The smallest absolute Gasteiger partial charge is 0.00403 e. The molecular formula is C19H31N. The molecule has 2 bridgehead atoms. The fraction of sp³-hybridized carbons (Fsp3) is 0.789. The van der Waals surface area contributed by atoms with Crippen molar-refractivity contribution in [2.45, 2.75) is 59.3 Å². The van der Waals surface area contributed by atoms with Crippen LogP contribution in [0.4, 0.5) is 0 Å². The lowest BCUT2D eigenvalue weighted by molar-refractivity contribution is 0.211. The van der Waals surface area contributed by atoms with Crippen LogP contribution in [-0.2, 0) is 0 Å². The van der Waals surface area contributed by atoms with Crippen molar-refractivity contribution in [2.24, 2.45) is 35.3 Å². The zero-order valence-corrected chi connectivity index (χ0v) is 13.5. The van der Waals surface area contributed by atoms with E-state index in [1.165, 1.54) is 38.5 Å². The molecule has 0 aromatic carbocycles. The quantitative estimate of drug-likeness (QED) is 0.772. The van der Waals surface area contributed by atoms with Crippen LogP contribution in [-0.4, -0.2) is 6.54 Å². The molecule has 2 N–H and O–H groups in total. The van der Waals surface area contributed by atoms with Crippen molar-refractivity contribution in [2.75, 3.05) is 6.54 Å². The summed E-state index contributed by atoms with van der Waals surface area (Å²) in [5, 5.41) is 0. The third kappa shape index (κ3) is 2.28. The van der Waals surface area contributed by atoms with Crippen molar-refractivity contribution in [3.63, 3.8) is 0 Å². The number of rotatable bonds is 5. The Morgan fingerprint density at radius 3 is 2.55 bits per heavy atom. The Labute approximate surface area is 124 Å². The van der Waals surface area contributed by atoms with E-state index in [1.807, 2.05) is 0 Å². The van der Waals surface area contributed by atoms with E-state index in [-0.39, 0.29) is 0 Å². The van der Waals surface area contributed by atoms with Crippen molar-refractivity contribution < 1.29 is 0 Å². The molecular weight excluding hydrogens is 242 g/mol. The molecule has 0 aliphatic heterocycles. The maximum Gasteiger partial charge on any atom is -0.00403 e. The van der Waals surface area contributed by atoms with E-state index in [2.05, 4.69) is 26.8 Å². The molecule has 1 heteroatoms. The minimum absolute atomic E-state index is 0.722. The Balaban J connectivity index is 1.81. The predicted molar refractivity (Wildman–Crippen MR) is 86.3 cm³/mol. The summed E-state index contributed by atoms with van der Waals surface area (Å²) in [5.41, 5.74) is 11.3. The SMILES string of the molecule is CCC(C1=C2C=C1CC(C)C2)C(CN)C1CCCC1C. The summed E-state index contributed by atoms with van der Waals surface area (Å²) >= 11 is 0. The second-order valence-electron chi connectivity index (χ2n) is 7.61. The van der Waals surface area contributed by atoms with E-state index >= 15 is 0 Å². The zero-order chi connectivity index (χ0) is 14.3. The first kappa shape index (κ1) is 14.4. The lowest BCUT2D eigenvalue weighted by Gasteiger charge is -2.42. The van der Waals surface area contributed by atoms with Gasteiger partial charge in [-0.25, -0.2) is 0 Å². The molecule has 0 radical (unpaired) electrons. The second kappa shape index (κ2) is 5.67. The Kier molecular flexibility index (Phi) is 4.08. The van der Waals surface area contributed by atoms with Crippen molar-refractivity contribution in [3.8, 4) is 0 Å². The highest BCUT2D eigenvalue weighted by Gasteiger charge is 2.40. The summed E-state index contributed by atoms with van der Waals surface area (Å²) in [7, 11) is 0. The number of hydrogen-bond acceptors (Lipinski definition) is 1. The highest BCUT2D eigenvalue weighted by Crippen LogP contribution is 2.51. The van der Waals surface area contributed by atoms with Gasteiger partial charge in [-0.3, -0.25) is 0 Å². The normalized spacial score (nSPS) is 35.6. The van der Waals surface area contributed by atoms with Gasteiger partial charge < -0.3 is 5.73 Å². The topological polar surface area (TPSA) is 26.0 Å². The molecule has 0 aromatic heterocycles. The maximum atomic E-state index is 6.24. The number of fused-ring (bicyclic) bond motifs is 1. The summed E-state index contributed by atoms with van der Waals surface area (Å²) in [5.74, 6) is 4.09. The van der Waals surface area contributed by atoms with Gasteiger partial charge in [0.1, 0.15) is 0 Å². The highest BCUT2D eigenvalue weighted by atomic mass is 14.6.